The van der Waals surface area contributed by atoms with Crippen LogP contribution in [-0.4, -0.2) is 48.1 Å². The van der Waals surface area contributed by atoms with E-state index in [-0.39, 0.29) is 47.2 Å². The number of nitrogens with one attached hydrogen (secondary N) is 2. The molecule has 1 aromatic carbocycles. The fourth-order valence-electron chi connectivity index (χ4n) is 2.29. The highest BCUT2D eigenvalue weighted by atomic mass is 79.9. The average molecular weight is 528 g/mol. The van der Waals surface area contributed by atoms with E-state index in [9.17, 15) is 8.42 Å². The fraction of sp³-hybridized carbons (Fsp3) is 0.300. The molecule has 3 aromatic rings. The molecule has 0 radical (unpaired) electrons. The molecule has 2 N–H and O–H groups in total. The van der Waals surface area contributed by atoms with Gasteiger partial charge in [0.05, 0.1) is 11.0 Å². The Balaban J connectivity index is 2.06. The zero-order valence-electron chi connectivity index (χ0n) is 22.2. The van der Waals surface area contributed by atoms with E-state index < -0.39 is 46.5 Å². The van der Waals surface area contributed by atoms with Gasteiger partial charge >= 0.3 is 6.01 Å². The Hall–Kier alpha value is -2.83. The van der Waals surface area contributed by atoms with Crippen molar-refractivity contribution < 1.29 is 24.7 Å². The molecule has 3 rings (SSSR count). The molecule has 2 aromatic heterocycles. The van der Waals surface area contributed by atoms with Crippen LogP contribution in [0.15, 0.2) is 47.3 Å². The Bertz CT molecular complexity index is 1370. The van der Waals surface area contributed by atoms with Crippen molar-refractivity contribution in [3.63, 3.8) is 0 Å². The third-order valence-corrected chi connectivity index (χ3v) is 5.13. The second kappa shape index (κ2) is 11.2. The number of anilines is 1. The first-order valence-electron chi connectivity index (χ1n) is 11.9. The van der Waals surface area contributed by atoms with Crippen molar-refractivity contribution in [1.82, 2.24) is 24.7 Å². The predicted octanol–water partition coefficient (Wildman–Crippen LogP) is 3.12. The van der Waals surface area contributed by atoms with Crippen LogP contribution in [0.1, 0.15) is 25.8 Å². The molecule has 0 aliphatic heterocycles. The molecule has 0 saturated heterocycles. The van der Waals surface area contributed by atoms with Gasteiger partial charge in [-0.05, 0) is 36.6 Å². The Kier molecular flexibility index (Phi) is 6.17. The van der Waals surface area contributed by atoms with Crippen molar-refractivity contribution >= 4 is 32.0 Å². The quantitative estimate of drug-likeness (QED) is 0.364. The molecular weight excluding hydrogens is 500 g/mol. The molecule has 12 heteroatoms. The van der Waals surface area contributed by atoms with Crippen molar-refractivity contribution in [3.05, 3.63) is 52.9 Å². The average Bonchev–Trinajstić information content (AvgIpc) is 2.85. The Morgan fingerprint density at radius 3 is 2.44 bits per heavy atom. The molecule has 0 spiro atoms. The van der Waals surface area contributed by atoms with E-state index in [0.717, 1.165) is 5.56 Å². The topological polar surface area (TPSA) is 128 Å². The number of benzene rings is 1. The number of halogens is 1. The number of nitrogens with zero attached hydrogens (tertiary/aromatic N) is 4. The molecule has 0 amide bonds. The molecule has 0 saturated carbocycles. The van der Waals surface area contributed by atoms with Gasteiger partial charge in [0.25, 0.3) is 10.2 Å². The number of rotatable bonds is 11. The molecule has 32 heavy (non-hydrogen) atoms. The molecule has 0 fully saturated rings. The lowest BCUT2D eigenvalue weighted by molar-refractivity contribution is 0.202. The monoisotopic (exact) mass is 527 g/mol. The first-order valence-corrected chi connectivity index (χ1v) is 11.7. The first-order chi connectivity index (χ1) is 17.4. The maximum Gasteiger partial charge on any atom is 0.316 e. The molecule has 10 nitrogen and oxygen atoms in total. The molecule has 170 valence electrons. The van der Waals surface area contributed by atoms with Crippen LogP contribution in [0.5, 0.6) is 11.9 Å². The van der Waals surface area contributed by atoms with Gasteiger partial charge in [0.15, 0.2) is 5.82 Å². The van der Waals surface area contributed by atoms with Gasteiger partial charge in [-0.3, -0.25) is 4.72 Å². The van der Waals surface area contributed by atoms with Gasteiger partial charge in [0.2, 0.25) is 5.88 Å². The summed E-state index contributed by atoms with van der Waals surface area (Å²) < 4.78 is 81.8. The predicted molar refractivity (Wildman–Crippen MR) is 124 cm³/mol. The van der Waals surface area contributed by atoms with Gasteiger partial charge in [-0.2, -0.15) is 13.1 Å². The lowest BCUT2D eigenvalue weighted by Gasteiger charge is -2.15. The van der Waals surface area contributed by atoms with Gasteiger partial charge in [-0.15, -0.1) is 0 Å². The van der Waals surface area contributed by atoms with Crippen LogP contribution in [0.25, 0.3) is 11.1 Å². The van der Waals surface area contributed by atoms with Crippen molar-refractivity contribution in [2.45, 2.75) is 20.3 Å². The van der Waals surface area contributed by atoms with E-state index in [2.05, 4.69) is 45.3 Å². The molecule has 0 atom stereocenters. The van der Waals surface area contributed by atoms with E-state index in [4.69, 9.17) is 16.3 Å². The minimum Gasteiger partial charge on any atom is -0.473 e. The van der Waals surface area contributed by atoms with E-state index in [1.54, 1.807) is 19.3 Å². The maximum atomic E-state index is 12.6. The lowest BCUT2D eigenvalue weighted by atomic mass is 10.1. The number of ether oxygens (including phenoxy) is 2. The Morgan fingerprint density at radius 1 is 1.06 bits per heavy atom. The largest absolute Gasteiger partial charge is 0.473 e. The van der Waals surface area contributed by atoms with E-state index in [0.29, 0.717) is 6.42 Å². The van der Waals surface area contributed by atoms with Crippen LogP contribution in [0.3, 0.4) is 0 Å². The summed E-state index contributed by atoms with van der Waals surface area (Å²) in [5, 5.41) is 0. The van der Waals surface area contributed by atoms with E-state index in [1.807, 2.05) is 6.92 Å². The standard InChI is InChI=1S/C20H23BrN6O4S/c1-3-8-26-32(28,29)27-18-17(15-4-6-16(21)7-5-15)19(25-13-24-18)30-9-10-31-20-22-11-14(2)12-23-20/h4-7,11-13,26H,3,8-10H2,1-2H3,(H,24,25,27)/i4D,5D,6D,7D,13D. The van der Waals surface area contributed by atoms with Gasteiger partial charge in [0, 0.05) is 23.4 Å². The van der Waals surface area contributed by atoms with Crippen LogP contribution in [0, 0.1) is 6.92 Å². The normalized spacial score (nSPS) is 13.4. The highest BCUT2D eigenvalue weighted by molar-refractivity contribution is 9.10. The second-order valence-corrected chi connectivity index (χ2v) is 8.57. The molecule has 0 aliphatic rings. The summed E-state index contributed by atoms with van der Waals surface area (Å²) in [6.07, 6.45) is 3.03. The molecule has 0 bridgehead atoms. The van der Waals surface area contributed by atoms with Gasteiger partial charge in [-0.1, -0.05) is 34.9 Å². The van der Waals surface area contributed by atoms with Crippen LogP contribution >= 0.6 is 15.9 Å². The number of hydrogen-bond acceptors (Lipinski definition) is 8. The summed E-state index contributed by atoms with van der Waals surface area (Å²) in [6.45, 7) is 3.47. The third-order valence-electron chi connectivity index (χ3n) is 3.69. The Morgan fingerprint density at radius 2 is 1.75 bits per heavy atom. The highest BCUT2D eigenvalue weighted by Crippen LogP contribution is 2.34. The van der Waals surface area contributed by atoms with Gasteiger partial charge in [-0.25, -0.2) is 19.9 Å². The highest BCUT2D eigenvalue weighted by Gasteiger charge is 2.19. The number of aromatic nitrogens is 4. The minimum atomic E-state index is -4.18. The van der Waals surface area contributed by atoms with Crippen molar-refractivity contribution in [1.29, 1.82) is 0 Å². The minimum absolute atomic E-state index is 0.0614. The maximum absolute atomic E-state index is 12.6. The smallest absolute Gasteiger partial charge is 0.316 e. The lowest BCUT2D eigenvalue weighted by Crippen LogP contribution is -2.31. The van der Waals surface area contributed by atoms with E-state index in [1.165, 1.54) is 0 Å². The summed E-state index contributed by atoms with van der Waals surface area (Å²) >= 11 is 3.03. The molecule has 2 heterocycles. The fourth-order valence-corrected chi connectivity index (χ4v) is 3.43. The van der Waals surface area contributed by atoms with E-state index >= 15 is 0 Å². The summed E-state index contributed by atoms with van der Waals surface area (Å²) in [6, 6.07) is -1.71. The van der Waals surface area contributed by atoms with Gasteiger partial charge < -0.3 is 9.47 Å². The number of hydrogen-bond donors (Lipinski definition) is 2. The van der Waals surface area contributed by atoms with Gasteiger partial charge in [0.1, 0.15) is 20.9 Å². The number of aryl methyl sites for hydroxylation is 1. The van der Waals surface area contributed by atoms with Crippen LogP contribution in [0.4, 0.5) is 5.82 Å². The van der Waals surface area contributed by atoms with Crippen molar-refractivity contribution in [2.24, 2.45) is 0 Å². The van der Waals surface area contributed by atoms with Crippen LogP contribution in [0.2, 0.25) is 0 Å². The second-order valence-electron chi connectivity index (χ2n) is 6.28. The summed E-state index contributed by atoms with van der Waals surface area (Å²) in [4.78, 5) is 15.8. The zero-order valence-corrected chi connectivity index (χ0v) is 19.6. The SMILES string of the molecule is [2H]c1nc(NS(=O)(=O)NCCC)c(-c2c([2H])c([2H])c(Br)c([2H])c2[2H])c(OCCOc2ncc(C)cn2)n1. The zero-order chi connectivity index (χ0) is 27.3. The Labute approximate surface area is 202 Å². The van der Waals surface area contributed by atoms with Crippen molar-refractivity contribution in [3.8, 4) is 23.0 Å². The summed E-state index contributed by atoms with van der Waals surface area (Å²) in [7, 11) is -4.18. The first kappa shape index (κ1) is 17.7. The van der Waals surface area contributed by atoms with Crippen LogP contribution < -0.4 is 18.9 Å². The van der Waals surface area contributed by atoms with Crippen LogP contribution in [-0.2, 0) is 10.2 Å². The molecular formula is C20H23BrN6O4S. The molecule has 0 unspecified atom stereocenters. The third kappa shape index (κ3) is 6.84. The summed E-state index contributed by atoms with van der Waals surface area (Å²) in [5.74, 6) is -0.797. The van der Waals surface area contributed by atoms with Crippen molar-refractivity contribution in [2.75, 3.05) is 24.5 Å². The molecule has 0 aliphatic carbocycles. The summed E-state index contributed by atoms with van der Waals surface area (Å²) in [5.41, 5.74) is 0.258.